The lowest BCUT2D eigenvalue weighted by Crippen LogP contribution is -1.92. The Morgan fingerprint density at radius 2 is 1.00 bits per heavy atom. The predicted octanol–water partition coefficient (Wildman–Crippen LogP) is 11.3. The van der Waals surface area contributed by atoms with Crippen molar-refractivity contribution in [3.8, 4) is 39.4 Å². The molecular weight excluding hydrogens is 544 g/mol. The number of allylic oxidation sites excluding steroid dienone is 4. The summed E-state index contributed by atoms with van der Waals surface area (Å²) < 4.78 is 0. The van der Waals surface area contributed by atoms with E-state index in [0.29, 0.717) is 5.56 Å². The fourth-order valence-electron chi connectivity index (χ4n) is 5.23. The predicted molar refractivity (Wildman–Crippen MR) is 190 cm³/mol. The maximum Gasteiger partial charge on any atom is 0.0991 e. The number of rotatable bonds is 9. The lowest BCUT2D eigenvalue weighted by atomic mass is 9.95. The van der Waals surface area contributed by atoms with Crippen LogP contribution in [0, 0.1) is 11.3 Å². The molecule has 0 saturated heterocycles. The van der Waals surface area contributed by atoms with Gasteiger partial charge < -0.3 is 5.32 Å². The zero-order valence-corrected chi connectivity index (χ0v) is 24.9. The van der Waals surface area contributed by atoms with Gasteiger partial charge in [0, 0.05) is 11.9 Å². The summed E-state index contributed by atoms with van der Waals surface area (Å²) in [5.41, 5.74) is 12.6. The minimum Gasteiger partial charge on any atom is -0.361 e. The number of nitrogens with one attached hydrogen (secondary N) is 1. The van der Waals surface area contributed by atoms with E-state index in [-0.39, 0.29) is 0 Å². The third-order valence-electron chi connectivity index (χ3n) is 7.71. The molecule has 1 N–H and O–H groups in total. The molecule has 0 unspecified atom stereocenters. The Morgan fingerprint density at radius 3 is 1.62 bits per heavy atom. The summed E-state index contributed by atoms with van der Waals surface area (Å²) in [6.07, 6.45) is 6.17. The van der Waals surface area contributed by atoms with Crippen molar-refractivity contribution in [1.82, 2.24) is 0 Å². The maximum atomic E-state index is 9.17. The lowest BCUT2D eigenvalue weighted by molar-refractivity contribution is 1.48. The first-order chi connectivity index (χ1) is 22.2. The zero-order valence-electron chi connectivity index (χ0n) is 24.9. The molecule has 0 saturated carbocycles. The summed E-state index contributed by atoms with van der Waals surface area (Å²) in [5.74, 6) is 0. The van der Waals surface area contributed by atoms with Gasteiger partial charge in [0.2, 0.25) is 0 Å². The first-order valence-corrected chi connectivity index (χ1v) is 14.9. The molecule has 2 nitrogen and oxygen atoms in total. The van der Waals surface area contributed by atoms with Crippen LogP contribution in [0.4, 0.5) is 5.69 Å². The molecule has 0 fully saturated rings. The summed E-state index contributed by atoms with van der Waals surface area (Å²) in [6, 6.07) is 56.2. The Bertz CT molecular complexity index is 2030. The van der Waals surface area contributed by atoms with E-state index in [4.69, 9.17) is 0 Å². The Hall–Kier alpha value is -6.17. The molecule has 0 heterocycles. The molecule has 0 aliphatic rings. The second kappa shape index (κ2) is 13.9. The molecule has 6 rings (SSSR count). The molecule has 0 bridgehead atoms. The van der Waals surface area contributed by atoms with E-state index >= 15 is 0 Å². The number of anilines is 1. The average molecular weight is 577 g/mol. The molecule has 2 heteroatoms. The third kappa shape index (κ3) is 7.25. The van der Waals surface area contributed by atoms with Crippen molar-refractivity contribution < 1.29 is 0 Å². The molecule has 0 atom stereocenters. The van der Waals surface area contributed by atoms with Crippen LogP contribution in [0.25, 0.3) is 44.5 Å². The first-order valence-electron chi connectivity index (χ1n) is 14.9. The largest absolute Gasteiger partial charge is 0.361 e. The van der Waals surface area contributed by atoms with Crippen LogP contribution in [-0.4, -0.2) is 0 Å². The molecule has 0 aliphatic carbocycles. The van der Waals surface area contributed by atoms with Crippen molar-refractivity contribution in [3.63, 3.8) is 0 Å². The Kier molecular flexibility index (Phi) is 8.91. The van der Waals surface area contributed by atoms with Crippen LogP contribution < -0.4 is 5.32 Å². The van der Waals surface area contributed by atoms with Crippen LogP contribution in [0.3, 0.4) is 0 Å². The van der Waals surface area contributed by atoms with E-state index in [1.54, 1.807) is 0 Å². The van der Waals surface area contributed by atoms with E-state index in [1.807, 2.05) is 42.6 Å². The standard InChI is InChI=1S/C43H32N2/c1-32(36-15-8-18-39(27-36)40-19-9-16-37(28-40)34-11-4-2-5-12-34)21-24-42(31-45-43-25-22-33(30-44)23-26-43)41-20-10-17-38(29-41)35-13-6-3-7-14-35/h2-29,31,45H,1H2/b24-21-,42-31+. The molecule has 6 aromatic rings. The summed E-state index contributed by atoms with van der Waals surface area (Å²) in [4.78, 5) is 0. The minimum absolute atomic E-state index is 0.630. The van der Waals surface area contributed by atoms with E-state index in [1.165, 1.54) is 22.3 Å². The second-order valence-electron chi connectivity index (χ2n) is 10.8. The topological polar surface area (TPSA) is 35.8 Å². The van der Waals surface area contributed by atoms with Gasteiger partial charge in [-0.2, -0.15) is 5.26 Å². The van der Waals surface area contributed by atoms with Gasteiger partial charge in [0.1, 0.15) is 0 Å². The van der Waals surface area contributed by atoms with Crippen molar-refractivity contribution in [1.29, 1.82) is 5.26 Å². The van der Waals surface area contributed by atoms with Gasteiger partial charge in [0.25, 0.3) is 0 Å². The molecule has 45 heavy (non-hydrogen) atoms. The highest BCUT2D eigenvalue weighted by Crippen LogP contribution is 2.30. The molecule has 214 valence electrons. The molecule has 6 aromatic carbocycles. The van der Waals surface area contributed by atoms with Gasteiger partial charge in [-0.1, -0.05) is 134 Å². The van der Waals surface area contributed by atoms with Crippen molar-refractivity contribution in [2.75, 3.05) is 5.32 Å². The van der Waals surface area contributed by atoms with E-state index in [0.717, 1.165) is 39.1 Å². The van der Waals surface area contributed by atoms with Gasteiger partial charge in [-0.3, -0.25) is 0 Å². The number of hydrogen-bond acceptors (Lipinski definition) is 2. The van der Waals surface area contributed by atoms with Gasteiger partial charge in [0.15, 0.2) is 0 Å². The third-order valence-corrected chi connectivity index (χ3v) is 7.71. The lowest BCUT2D eigenvalue weighted by Gasteiger charge is -2.10. The molecule has 0 aromatic heterocycles. The summed E-state index contributed by atoms with van der Waals surface area (Å²) in [7, 11) is 0. The fraction of sp³-hybridized carbons (Fsp3) is 0. The maximum absolute atomic E-state index is 9.17. The quantitative estimate of drug-likeness (QED) is 0.174. The number of nitriles is 1. The first kappa shape index (κ1) is 28.9. The second-order valence-corrected chi connectivity index (χ2v) is 10.8. The molecule has 0 aliphatic heterocycles. The van der Waals surface area contributed by atoms with Crippen molar-refractivity contribution in [2.24, 2.45) is 0 Å². The van der Waals surface area contributed by atoms with Crippen LogP contribution in [0.5, 0.6) is 0 Å². The van der Waals surface area contributed by atoms with Gasteiger partial charge >= 0.3 is 0 Å². The van der Waals surface area contributed by atoms with Gasteiger partial charge in [-0.05, 0) is 98.1 Å². The van der Waals surface area contributed by atoms with Gasteiger partial charge in [-0.15, -0.1) is 0 Å². The number of nitrogens with zero attached hydrogens (tertiary/aromatic N) is 1. The normalized spacial score (nSPS) is 11.2. The highest BCUT2D eigenvalue weighted by molar-refractivity contribution is 5.84. The van der Waals surface area contributed by atoms with Crippen molar-refractivity contribution in [2.45, 2.75) is 0 Å². The molecule has 0 spiro atoms. The van der Waals surface area contributed by atoms with Crippen LogP contribution >= 0.6 is 0 Å². The minimum atomic E-state index is 0.630. The average Bonchev–Trinajstić information content (AvgIpc) is 3.12. The monoisotopic (exact) mass is 576 g/mol. The Morgan fingerprint density at radius 1 is 0.511 bits per heavy atom. The van der Waals surface area contributed by atoms with Crippen LogP contribution in [0.2, 0.25) is 0 Å². The number of benzene rings is 6. The zero-order chi connectivity index (χ0) is 30.8. The fourth-order valence-corrected chi connectivity index (χ4v) is 5.23. The summed E-state index contributed by atoms with van der Waals surface area (Å²) >= 11 is 0. The van der Waals surface area contributed by atoms with Crippen molar-refractivity contribution >= 4 is 16.8 Å². The highest BCUT2D eigenvalue weighted by atomic mass is 14.8. The Balaban J connectivity index is 1.29. The van der Waals surface area contributed by atoms with E-state index in [2.05, 4.69) is 151 Å². The van der Waals surface area contributed by atoms with E-state index < -0.39 is 0 Å². The SMILES string of the molecule is C=C(/C=C\C(=C/Nc1ccc(C#N)cc1)c1cccc(-c2ccccc2)c1)c1cccc(-c2cccc(-c3ccccc3)c2)c1. The van der Waals surface area contributed by atoms with Crippen LogP contribution in [0.15, 0.2) is 183 Å². The summed E-state index contributed by atoms with van der Waals surface area (Å²) in [5, 5.41) is 12.6. The molecule has 0 amide bonds. The summed E-state index contributed by atoms with van der Waals surface area (Å²) in [6.45, 7) is 4.43. The van der Waals surface area contributed by atoms with Crippen LogP contribution in [0.1, 0.15) is 16.7 Å². The van der Waals surface area contributed by atoms with Crippen LogP contribution in [-0.2, 0) is 0 Å². The number of hydrogen-bond donors (Lipinski definition) is 1. The smallest absolute Gasteiger partial charge is 0.0991 e. The van der Waals surface area contributed by atoms with Crippen molar-refractivity contribution in [3.05, 3.63) is 199 Å². The molecular formula is C43H32N2. The van der Waals surface area contributed by atoms with Gasteiger partial charge in [0.05, 0.1) is 11.6 Å². The highest BCUT2D eigenvalue weighted by Gasteiger charge is 2.06. The molecule has 0 radical (unpaired) electrons. The van der Waals surface area contributed by atoms with Gasteiger partial charge in [-0.25, -0.2) is 0 Å². The Labute approximate surface area is 265 Å². The van der Waals surface area contributed by atoms with E-state index in [9.17, 15) is 5.26 Å².